The van der Waals surface area contributed by atoms with Gasteiger partial charge >= 0.3 is 23.9 Å². The van der Waals surface area contributed by atoms with Gasteiger partial charge in [-0.15, -0.1) is 0 Å². The number of fused-ring (bicyclic) bond motifs is 5. The monoisotopic (exact) mass is 522 g/mol. The summed E-state index contributed by atoms with van der Waals surface area (Å²) in [5, 5.41) is 0. The summed E-state index contributed by atoms with van der Waals surface area (Å²) >= 11 is 0. The van der Waals surface area contributed by atoms with E-state index in [1.165, 1.54) is 27.7 Å². The van der Waals surface area contributed by atoms with Crippen LogP contribution < -0.4 is 0 Å². The predicted octanol–water partition coefficient (Wildman–Crippen LogP) is 3.91. The molecule has 2 heterocycles. The molecule has 0 spiro atoms. The van der Waals surface area contributed by atoms with Gasteiger partial charge in [-0.25, -0.2) is 0 Å². The molecule has 9 atom stereocenters. The van der Waals surface area contributed by atoms with Crippen LogP contribution in [0.15, 0.2) is 11.6 Å². The van der Waals surface area contributed by atoms with Gasteiger partial charge in [-0.1, -0.05) is 19.9 Å². The Morgan fingerprint density at radius 2 is 1.54 bits per heavy atom. The molecule has 2 bridgehead atoms. The fraction of sp³-hybridized carbons (Fsp3) is 0.786. The quantitative estimate of drug-likeness (QED) is 0.301. The van der Waals surface area contributed by atoms with Gasteiger partial charge in [0, 0.05) is 39.5 Å². The van der Waals surface area contributed by atoms with Gasteiger partial charge in [0.05, 0.1) is 6.10 Å². The summed E-state index contributed by atoms with van der Waals surface area (Å²) in [7, 11) is 0. The number of hydrogen-bond acceptors (Lipinski definition) is 9. The van der Waals surface area contributed by atoms with Gasteiger partial charge in [-0.3, -0.25) is 19.2 Å². The first-order chi connectivity index (χ1) is 17.1. The highest BCUT2D eigenvalue weighted by Gasteiger charge is 2.67. The predicted molar refractivity (Wildman–Crippen MR) is 133 cm³/mol. The summed E-state index contributed by atoms with van der Waals surface area (Å²) < 4.78 is 30.2. The van der Waals surface area contributed by atoms with Crippen LogP contribution in [0, 0.1) is 23.7 Å². The summed E-state index contributed by atoms with van der Waals surface area (Å²) in [6, 6.07) is 0. The molecule has 37 heavy (non-hydrogen) atoms. The van der Waals surface area contributed by atoms with E-state index < -0.39 is 65.4 Å². The molecular formula is C28H42O9. The Hall–Kier alpha value is -2.42. The van der Waals surface area contributed by atoms with Gasteiger partial charge in [0.1, 0.15) is 23.9 Å². The maximum Gasteiger partial charge on any atom is 0.303 e. The van der Waals surface area contributed by atoms with Crippen molar-refractivity contribution in [3.63, 3.8) is 0 Å². The Morgan fingerprint density at radius 3 is 2.05 bits per heavy atom. The van der Waals surface area contributed by atoms with E-state index in [0.29, 0.717) is 19.3 Å². The minimum absolute atomic E-state index is 0.0280. The van der Waals surface area contributed by atoms with E-state index in [4.69, 9.17) is 23.7 Å². The van der Waals surface area contributed by atoms with Crippen molar-refractivity contribution in [2.45, 2.75) is 117 Å². The fourth-order valence-corrected chi connectivity index (χ4v) is 6.97. The lowest BCUT2D eigenvalue weighted by Gasteiger charge is -2.53. The van der Waals surface area contributed by atoms with Crippen molar-refractivity contribution >= 4 is 23.9 Å². The zero-order valence-corrected chi connectivity index (χ0v) is 23.5. The van der Waals surface area contributed by atoms with E-state index in [1.54, 1.807) is 6.92 Å². The van der Waals surface area contributed by atoms with Crippen molar-refractivity contribution < 1.29 is 42.9 Å². The third-order valence-corrected chi connectivity index (χ3v) is 8.36. The number of rotatable bonds is 5. The Kier molecular flexibility index (Phi) is 8.47. The van der Waals surface area contributed by atoms with Crippen molar-refractivity contribution in [2.75, 3.05) is 0 Å². The smallest absolute Gasteiger partial charge is 0.303 e. The van der Waals surface area contributed by atoms with E-state index in [9.17, 15) is 19.2 Å². The number of hydrogen-bond donors (Lipinski definition) is 0. The first-order valence-corrected chi connectivity index (χ1v) is 13.2. The average molecular weight is 523 g/mol. The molecule has 3 aliphatic rings. The summed E-state index contributed by atoms with van der Waals surface area (Å²) in [5.41, 5.74) is -1.43. The second kappa shape index (κ2) is 10.8. The van der Waals surface area contributed by atoms with E-state index in [0.717, 1.165) is 5.57 Å². The number of carbonyl (C=O) groups is 4. The second-order valence-electron chi connectivity index (χ2n) is 11.6. The molecule has 2 fully saturated rings. The van der Waals surface area contributed by atoms with Gasteiger partial charge < -0.3 is 23.7 Å². The molecule has 0 unspecified atom stereocenters. The first kappa shape index (κ1) is 29.1. The van der Waals surface area contributed by atoms with E-state index in [1.807, 2.05) is 19.9 Å². The molecule has 0 aromatic heterocycles. The fourth-order valence-electron chi connectivity index (χ4n) is 6.97. The molecule has 0 N–H and O–H groups in total. The lowest BCUT2D eigenvalue weighted by molar-refractivity contribution is -0.215. The van der Waals surface area contributed by atoms with Crippen molar-refractivity contribution in [1.82, 2.24) is 0 Å². The summed E-state index contributed by atoms with van der Waals surface area (Å²) in [4.78, 5) is 48.8. The molecule has 0 radical (unpaired) electrons. The van der Waals surface area contributed by atoms with Gasteiger partial charge in [0.2, 0.25) is 0 Å². The topological polar surface area (TPSA) is 114 Å². The molecule has 0 amide bonds. The summed E-state index contributed by atoms with van der Waals surface area (Å²) in [5.74, 6) is -2.15. The van der Waals surface area contributed by atoms with Gasteiger partial charge in [0.25, 0.3) is 0 Å². The van der Waals surface area contributed by atoms with Crippen LogP contribution in [0.1, 0.15) is 81.6 Å². The summed E-state index contributed by atoms with van der Waals surface area (Å²) in [6.45, 7) is 15.2. The molecule has 208 valence electrons. The highest BCUT2D eigenvalue weighted by Crippen LogP contribution is 2.58. The standard InChI is InChI=1S/C28H42O9/c1-14(2)20-13-23(34-17(5)30)28(9,37-19(7)32)25-22-12-15(3)21(33-16(4)29)10-11-27(8,36-18(6)31)26(35-22)24(20)25/h12,14,20-26H,10-11,13H2,1-9H3/b15-12-/t20-,21+,22+,23+,24-,25-,26+,27-,28-/m1/s1. The minimum atomic E-state index is -1.20. The average Bonchev–Trinajstić information content (AvgIpc) is 3.13. The molecule has 9 heteroatoms. The number of carbonyl (C=O) groups excluding carboxylic acids is 4. The third kappa shape index (κ3) is 5.86. The minimum Gasteiger partial charge on any atom is -0.458 e. The zero-order chi connectivity index (χ0) is 27.9. The number of ether oxygens (including phenoxy) is 5. The van der Waals surface area contributed by atoms with Crippen LogP contribution in [0.25, 0.3) is 0 Å². The first-order valence-electron chi connectivity index (χ1n) is 13.2. The van der Waals surface area contributed by atoms with Crippen LogP contribution in [-0.4, -0.2) is 59.5 Å². The lowest BCUT2D eigenvalue weighted by atomic mass is 9.56. The van der Waals surface area contributed by atoms with Crippen molar-refractivity contribution in [3.8, 4) is 0 Å². The molecule has 1 saturated carbocycles. The Bertz CT molecular complexity index is 955. The van der Waals surface area contributed by atoms with Crippen LogP contribution in [-0.2, 0) is 42.9 Å². The van der Waals surface area contributed by atoms with Crippen molar-refractivity contribution in [3.05, 3.63) is 11.6 Å². The zero-order valence-electron chi connectivity index (χ0n) is 23.5. The van der Waals surface area contributed by atoms with Crippen LogP contribution in [0.5, 0.6) is 0 Å². The summed E-state index contributed by atoms with van der Waals surface area (Å²) in [6.07, 6.45) is 0.967. The van der Waals surface area contributed by atoms with E-state index in [-0.39, 0.29) is 17.8 Å². The number of esters is 4. The van der Waals surface area contributed by atoms with Crippen LogP contribution >= 0.6 is 0 Å². The van der Waals surface area contributed by atoms with Crippen LogP contribution in [0.3, 0.4) is 0 Å². The second-order valence-corrected chi connectivity index (χ2v) is 11.6. The SMILES string of the molecule is CC(=O)O[C@H]1CC[C@@](C)(OC(C)=O)[C@H]2O[C@@H](/C=C\1C)[C@@H]1[C@H]2[C@@H](C(C)C)C[C@H](OC(C)=O)[C@@]1(C)OC(C)=O. The van der Waals surface area contributed by atoms with Crippen LogP contribution in [0.4, 0.5) is 0 Å². The highest BCUT2D eigenvalue weighted by molar-refractivity contribution is 5.68. The Balaban J connectivity index is 2.25. The third-order valence-electron chi connectivity index (χ3n) is 8.36. The van der Waals surface area contributed by atoms with Crippen LogP contribution in [0.2, 0.25) is 0 Å². The van der Waals surface area contributed by atoms with Gasteiger partial charge in [0.15, 0.2) is 5.60 Å². The van der Waals surface area contributed by atoms with Gasteiger partial charge in [-0.2, -0.15) is 0 Å². The largest absolute Gasteiger partial charge is 0.458 e. The highest BCUT2D eigenvalue weighted by atomic mass is 16.6. The molecule has 2 aliphatic heterocycles. The Morgan fingerprint density at radius 1 is 0.946 bits per heavy atom. The molecule has 1 aliphatic carbocycles. The molecule has 9 nitrogen and oxygen atoms in total. The molecule has 0 aromatic rings. The lowest BCUT2D eigenvalue weighted by Crippen LogP contribution is -2.63. The Labute approximate surface area is 219 Å². The maximum atomic E-state index is 12.4. The van der Waals surface area contributed by atoms with Crippen molar-refractivity contribution in [1.29, 1.82) is 0 Å². The molecule has 1 saturated heterocycles. The van der Waals surface area contributed by atoms with E-state index in [2.05, 4.69) is 13.8 Å². The van der Waals surface area contributed by atoms with Crippen molar-refractivity contribution in [2.24, 2.45) is 23.7 Å². The molecule has 0 aromatic carbocycles. The molecule has 3 rings (SSSR count). The molecular weight excluding hydrogens is 480 g/mol. The normalized spacial score (nSPS) is 40.7. The maximum absolute atomic E-state index is 12.4. The van der Waals surface area contributed by atoms with Gasteiger partial charge in [-0.05, 0) is 57.4 Å². The van der Waals surface area contributed by atoms with E-state index >= 15 is 0 Å².